The average molecular weight is 276 g/mol. The third-order valence-electron chi connectivity index (χ3n) is 4.74. The van der Waals surface area contributed by atoms with Crippen molar-refractivity contribution < 1.29 is 0 Å². The summed E-state index contributed by atoms with van der Waals surface area (Å²) in [6.07, 6.45) is 5.99. The first-order valence-electron chi connectivity index (χ1n) is 8.21. The van der Waals surface area contributed by atoms with Crippen molar-refractivity contribution in [2.24, 2.45) is 5.73 Å². The average Bonchev–Trinajstić information content (AvgIpc) is 2.52. The van der Waals surface area contributed by atoms with Gasteiger partial charge in [0.25, 0.3) is 0 Å². The van der Waals surface area contributed by atoms with E-state index >= 15 is 0 Å². The zero-order valence-electron chi connectivity index (χ0n) is 13.6. The second kappa shape index (κ2) is 9.15. The van der Waals surface area contributed by atoms with Crippen LogP contribution in [0.4, 0.5) is 0 Å². The predicted octanol–water partition coefficient (Wildman–Crippen LogP) is 3.85. The molecular weight excluding hydrogens is 244 g/mol. The number of rotatable bonds is 10. The van der Waals surface area contributed by atoms with Gasteiger partial charge in [-0.1, -0.05) is 51.1 Å². The molecule has 2 N–H and O–H groups in total. The van der Waals surface area contributed by atoms with Crippen molar-refractivity contribution >= 4 is 0 Å². The Bertz CT molecular complexity index is 335. The Labute approximate surface area is 125 Å². The van der Waals surface area contributed by atoms with Crippen LogP contribution in [0.2, 0.25) is 0 Å². The first-order valence-corrected chi connectivity index (χ1v) is 8.21. The molecule has 0 unspecified atom stereocenters. The number of hydrogen-bond acceptors (Lipinski definition) is 2. The van der Waals surface area contributed by atoms with Gasteiger partial charge in [0.1, 0.15) is 0 Å². The Balaban J connectivity index is 2.41. The van der Waals surface area contributed by atoms with Gasteiger partial charge in [-0.2, -0.15) is 0 Å². The van der Waals surface area contributed by atoms with Crippen LogP contribution in [-0.4, -0.2) is 30.1 Å². The van der Waals surface area contributed by atoms with Crippen molar-refractivity contribution in [3.63, 3.8) is 0 Å². The molecule has 2 nitrogen and oxygen atoms in total. The summed E-state index contributed by atoms with van der Waals surface area (Å²) in [4.78, 5) is 2.60. The maximum Gasteiger partial charge on any atom is 0.0326 e. The summed E-state index contributed by atoms with van der Waals surface area (Å²) in [6.45, 7) is 9.83. The Morgan fingerprint density at radius 1 is 1.00 bits per heavy atom. The topological polar surface area (TPSA) is 29.3 Å². The summed E-state index contributed by atoms with van der Waals surface area (Å²) in [5.74, 6) is 0. The SMILES string of the molecule is CCN(CCCCc1ccccc1)C(CC)(CC)CN. The van der Waals surface area contributed by atoms with Crippen LogP contribution in [0, 0.1) is 0 Å². The molecule has 0 aliphatic rings. The lowest BCUT2D eigenvalue weighted by Gasteiger charge is -2.42. The highest BCUT2D eigenvalue weighted by Crippen LogP contribution is 2.23. The van der Waals surface area contributed by atoms with Gasteiger partial charge in [0.2, 0.25) is 0 Å². The van der Waals surface area contributed by atoms with Crippen molar-refractivity contribution in [1.29, 1.82) is 0 Å². The van der Waals surface area contributed by atoms with E-state index in [0.29, 0.717) is 0 Å². The zero-order chi connectivity index (χ0) is 14.8. The number of nitrogens with zero attached hydrogens (tertiary/aromatic N) is 1. The molecule has 0 fully saturated rings. The van der Waals surface area contributed by atoms with E-state index in [-0.39, 0.29) is 5.54 Å². The minimum atomic E-state index is 0.210. The molecular formula is C18H32N2. The number of nitrogens with two attached hydrogens (primary N) is 1. The third-order valence-corrected chi connectivity index (χ3v) is 4.74. The summed E-state index contributed by atoms with van der Waals surface area (Å²) in [6, 6.07) is 10.8. The summed E-state index contributed by atoms with van der Waals surface area (Å²) < 4.78 is 0. The van der Waals surface area contributed by atoms with Gasteiger partial charge in [-0.15, -0.1) is 0 Å². The molecule has 0 atom stereocenters. The van der Waals surface area contributed by atoms with E-state index in [1.807, 2.05) is 0 Å². The minimum Gasteiger partial charge on any atom is -0.329 e. The van der Waals surface area contributed by atoms with Gasteiger partial charge < -0.3 is 5.73 Å². The fourth-order valence-corrected chi connectivity index (χ4v) is 3.12. The van der Waals surface area contributed by atoms with E-state index in [0.717, 1.165) is 25.9 Å². The molecule has 1 aromatic carbocycles. The van der Waals surface area contributed by atoms with Crippen LogP contribution in [0.15, 0.2) is 30.3 Å². The molecule has 20 heavy (non-hydrogen) atoms. The Morgan fingerprint density at radius 2 is 1.65 bits per heavy atom. The van der Waals surface area contributed by atoms with E-state index in [9.17, 15) is 0 Å². The zero-order valence-corrected chi connectivity index (χ0v) is 13.6. The lowest BCUT2D eigenvalue weighted by atomic mass is 9.90. The molecule has 1 rings (SSSR count). The molecule has 0 saturated heterocycles. The Kier molecular flexibility index (Phi) is 7.86. The van der Waals surface area contributed by atoms with Crippen molar-refractivity contribution in [2.45, 2.75) is 58.4 Å². The van der Waals surface area contributed by atoms with Crippen LogP contribution in [0.3, 0.4) is 0 Å². The second-order valence-corrected chi connectivity index (χ2v) is 5.66. The Morgan fingerprint density at radius 3 is 2.15 bits per heavy atom. The maximum atomic E-state index is 6.06. The first-order chi connectivity index (χ1) is 9.72. The molecule has 0 aliphatic heterocycles. The monoisotopic (exact) mass is 276 g/mol. The molecule has 0 spiro atoms. The second-order valence-electron chi connectivity index (χ2n) is 5.66. The van der Waals surface area contributed by atoms with Gasteiger partial charge >= 0.3 is 0 Å². The number of likely N-dealkylation sites (N-methyl/N-ethyl adjacent to an activating group) is 1. The number of unbranched alkanes of at least 4 members (excludes halogenated alkanes) is 1. The fourth-order valence-electron chi connectivity index (χ4n) is 3.12. The normalized spacial score (nSPS) is 12.1. The van der Waals surface area contributed by atoms with Crippen molar-refractivity contribution in [2.75, 3.05) is 19.6 Å². The molecule has 0 saturated carbocycles. The molecule has 2 heteroatoms. The highest BCUT2D eigenvalue weighted by atomic mass is 15.2. The van der Waals surface area contributed by atoms with Gasteiger partial charge in [0.15, 0.2) is 0 Å². The third kappa shape index (κ3) is 4.60. The van der Waals surface area contributed by atoms with E-state index in [4.69, 9.17) is 5.73 Å². The number of benzene rings is 1. The molecule has 0 aliphatic carbocycles. The highest BCUT2D eigenvalue weighted by molar-refractivity contribution is 5.14. The van der Waals surface area contributed by atoms with Gasteiger partial charge in [0.05, 0.1) is 0 Å². The van der Waals surface area contributed by atoms with Crippen LogP contribution >= 0.6 is 0 Å². The predicted molar refractivity (Wildman–Crippen MR) is 89.0 cm³/mol. The van der Waals surface area contributed by atoms with E-state index < -0.39 is 0 Å². The standard InChI is InChI=1S/C18H32N2/c1-4-18(5-2,16-19)20(6-3)15-11-10-14-17-12-8-7-9-13-17/h7-9,12-13H,4-6,10-11,14-16,19H2,1-3H3. The van der Waals surface area contributed by atoms with Crippen molar-refractivity contribution in [1.82, 2.24) is 4.90 Å². The summed E-state index contributed by atoms with van der Waals surface area (Å²) in [7, 11) is 0. The van der Waals surface area contributed by atoms with Gasteiger partial charge in [-0.05, 0) is 50.8 Å². The summed E-state index contributed by atoms with van der Waals surface area (Å²) in [5, 5.41) is 0. The minimum absolute atomic E-state index is 0.210. The van der Waals surface area contributed by atoms with Crippen LogP contribution < -0.4 is 5.73 Å². The molecule has 0 heterocycles. The summed E-state index contributed by atoms with van der Waals surface area (Å²) >= 11 is 0. The van der Waals surface area contributed by atoms with E-state index in [1.165, 1.54) is 31.4 Å². The van der Waals surface area contributed by atoms with Crippen LogP contribution in [0.25, 0.3) is 0 Å². The highest BCUT2D eigenvalue weighted by Gasteiger charge is 2.30. The van der Waals surface area contributed by atoms with Gasteiger partial charge in [-0.3, -0.25) is 4.90 Å². The fraction of sp³-hybridized carbons (Fsp3) is 0.667. The lowest BCUT2D eigenvalue weighted by molar-refractivity contribution is 0.0888. The molecule has 0 bridgehead atoms. The van der Waals surface area contributed by atoms with Crippen molar-refractivity contribution in [3.8, 4) is 0 Å². The quantitative estimate of drug-likeness (QED) is 0.658. The number of aryl methyl sites for hydroxylation is 1. The molecule has 1 aromatic rings. The maximum absolute atomic E-state index is 6.06. The first kappa shape index (κ1) is 17.2. The number of hydrogen-bond donors (Lipinski definition) is 1. The lowest BCUT2D eigenvalue weighted by Crippen LogP contribution is -2.53. The largest absolute Gasteiger partial charge is 0.329 e. The van der Waals surface area contributed by atoms with E-state index in [2.05, 4.69) is 56.0 Å². The Hall–Kier alpha value is -0.860. The molecule has 0 radical (unpaired) electrons. The molecule has 114 valence electrons. The van der Waals surface area contributed by atoms with Gasteiger partial charge in [-0.25, -0.2) is 0 Å². The molecule has 0 amide bonds. The van der Waals surface area contributed by atoms with Crippen LogP contribution in [0.1, 0.15) is 52.0 Å². The van der Waals surface area contributed by atoms with Crippen molar-refractivity contribution in [3.05, 3.63) is 35.9 Å². The summed E-state index contributed by atoms with van der Waals surface area (Å²) in [5.41, 5.74) is 7.72. The van der Waals surface area contributed by atoms with Gasteiger partial charge in [0, 0.05) is 12.1 Å². The van der Waals surface area contributed by atoms with Crippen LogP contribution in [0.5, 0.6) is 0 Å². The van der Waals surface area contributed by atoms with E-state index in [1.54, 1.807) is 0 Å². The smallest absolute Gasteiger partial charge is 0.0326 e. The molecule has 0 aromatic heterocycles. The van der Waals surface area contributed by atoms with Crippen LogP contribution in [-0.2, 0) is 6.42 Å².